The van der Waals surface area contributed by atoms with Crippen molar-refractivity contribution in [3.05, 3.63) is 30.2 Å². The Hall–Kier alpha value is -1.02. The van der Waals surface area contributed by atoms with E-state index in [0.717, 1.165) is 11.2 Å². The zero-order chi connectivity index (χ0) is 10.2. The molecule has 0 atom stereocenters. The molecule has 0 amide bonds. The highest BCUT2D eigenvalue weighted by Gasteiger charge is 2.27. The van der Waals surface area contributed by atoms with Gasteiger partial charge in [0.25, 0.3) is 0 Å². The summed E-state index contributed by atoms with van der Waals surface area (Å²) in [7, 11) is 0. The lowest BCUT2D eigenvalue weighted by molar-refractivity contribution is 0.373. The summed E-state index contributed by atoms with van der Waals surface area (Å²) in [5.41, 5.74) is 1.53. The van der Waals surface area contributed by atoms with Crippen LogP contribution in [0.1, 0.15) is 19.8 Å². The lowest BCUT2D eigenvalue weighted by atomic mass is 10.1. The number of hydrogen-bond acceptors (Lipinski definition) is 1. The van der Waals surface area contributed by atoms with Gasteiger partial charge in [0.2, 0.25) is 0 Å². The second-order valence-electron chi connectivity index (χ2n) is 3.92. The number of alkyl halides is 1. The fourth-order valence-electron chi connectivity index (χ4n) is 1.30. The minimum atomic E-state index is -0.336. The maximum Gasteiger partial charge on any atom is 0.499 e. The molecule has 0 N–H and O–H groups in total. The molecule has 2 rings (SSSR count). The maximum absolute atomic E-state index is 6.08. The third-order valence-corrected chi connectivity index (χ3v) is 2.00. The largest absolute Gasteiger partial charge is 0.499 e. The molecule has 0 aliphatic rings. The van der Waals surface area contributed by atoms with Gasteiger partial charge in [-0.15, -0.1) is 11.6 Å². The number of rotatable bonds is 2. The molecule has 0 aliphatic heterocycles. The van der Waals surface area contributed by atoms with E-state index in [0.29, 0.717) is 12.4 Å². The highest BCUT2D eigenvalue weighted by atomic mass is 35.5. The quantitative estimate of drug-likeness (QED) is 0.557. The molecule has 0 bridgehead atoms. The van der Waals surface area contributed by atoms with Crippen molar-refractivity contribution in [3.63, 3.8) is 0 Å². The SMILES string of the molecule is CC(C)(Cl)Cc1oc2ccccc2[o+]1. The van der Waals surface area contributed by atoms with Crippen molar-refractivity contribution in [2.75, 3.05) is 0 Å². The fraction of sp³-hybridized carbons (Fsp3) is 0.364. The maximum atomic E-state index is 6.08. The van der Waals surface area contributed by atoms with E-state index in [-0.39, 0.29) is 4.87 Å². The van der Waals surface area contributed by atoms with E-state index in [2.05, 4.69) is 0 Å². The van der Waals surface area contributed by atoms with Crippen LogP contribution in [0.15, 0.2) is 33.1 Å². The van der Waals surface area contributed by atoms with Gasteiger partial charge in [0, 0.05) is 12.1 Å². The fourth-order valence-corrected chi connectivity index (χ4v) is 1.41. The Balaban J connectivity index is 2.36. The summed E-state index contributed by atoms with van der Waals surface area (Å²) >= 11 is 6.08. The second kappa shape index (κ2) is 3.28. The van der Waals surface area contributed by atoms with Crippen LogP contribution in [-0.2, 0) is 6.42 Å². The molecule has 0 spiro atoms. The Morgan fingerprint density at radius 1 is 1.36 bits per heavy atom. The number of fused-ring (bicyclic) bond motifs is 1. The molecular formula is C11H12ClO2+. The summed E-state index contributed by atoms with van der Waals surface area (Å²) in [6.45, 7) is 3.86. The van der Waals surface area contributed by atoms with Gasteiger partial charge in [0.1, 0.15) is 6.42 Å². The van der Waals surface area contributed by atoms with E-state index in [9.17, 15) is 0 Å². The normalized spacial score (nSPS) is 12.2. The minimum absolute atomic E-state index is 0.336. The van der Waals surface area contributed by atoms with E-state index in [1.165, 1.54) is 0 Å². The third kappa shape index (κ3) is 2.07. The van der Waals surface area contributed by atoms with Crippen LogP contribution in [0.4, 0.5) is 0 Å². The van der Waals surface area contributed by atoms with E-state index < -0.39 is 0 Å². The predicted molar refractivity (Wildman–Crippen MR) is 56.5 cm³/mol. The number of halogens is 1. The summed E-state index contributed by atoms with van der Waals surface area (Å²) in [5, 5.41) is 0. The predicted octanol–water partition coefficient (Wildman–Crippen LogP) is 3.87. The molecular weight excluding hydrogens is 200 g/mol. The molecule has 0 unspecified atom stereocenters. The van der Waals surface area contributed by atoms with E-state index >= 15 is 0 Å². The molecule has 0 fully saturated rings. The monoisotopic (exact) mass is 211 g/mol. The molecule has 0 saturated carbocycles. The summed E-state index contributed by atoms with van der Waals surface area (Å²) in [5.74, 6) is 0.575. The zero-order valence-corrected chi connectivity index (χ0v) is 8.97. The van der Waals surface area contributed by atoms with Crippen LogP contribution in [0.2, 0.25) is 0 Å². The topological polar surface area (TPSA) is 24.4 Å². The highest BCUT2D eigenvalue weighted by molar-refractivity contribution is 6.23. The molecule has 74 valence electrons. The third-order valence-electron chi connectivity index (χ3n) is 1.86. The summed E-state index contributed by atoms with van der Waals surface area (Å²) < 4.78 is 11.0. The Kier molecular flexibility index (Phi) is 2.23. The van der Waals surface area contributed by atoms with Crippen LogP contribution < -0.4 is 0 Å². The van der Waals surface area contributed by atoms with Crippen LogP contribution in [-0.4, -0.2) is 4.87 Å². The first kappa shape index (κ1) is 9.53. The number of benzene rings is 1. The first-order valence-corrected chi connectivity index (χ1v) is 4.92. The average Bonchev–Trinajstić information content (AvgIpc) is 2.42. The molecule has 14 heavy (non-hydrogen) atoms. The van der Waals surface area contributed by atoms with Crippen LogP contribution in [0.25, 0.3) is 11.2 Å². The highest BCUT2D eigenvalue weighted by Crippen LogP contribution is 2.25. The van der Waals surface area contributed by atoms with E-state index in [1.807, 2.05) is 38.1 Å². The van der Waals surface area contributed by atoms with Gasteiger partial charge in [-0.3, -0.25) is 8.83 Å². The number of hydrogen-bond donors (Lipinski definition) is 0. The lowest BCUT2D eigenvalue weighted by Gasteiger charge is -2.07. The number of para-hydroxylation sites is 2. The minimum Gasteiger partial charge on any atom is -0.270 e. The van der Waals surface area contributed by atoms with Crippen molar-refractivity contribution in [2.45, 2.75) is 25.1 Å². The molecule has 2 aromatic rings. The first-order valence-electron chi connectivity index (χ1n) is 4.54. The molecule has 1 aromatic heterocycles. The van der Waals surface area contributed by atoms with Gasteiger partial charge in [0.15, 0.2) is 0 Å². The van der Waals surface area contributed by atoms with Gasteiger partial charge < -0.3 is 0 Å². The molecule has 0 radical (unpaired) electrons. The van der Waals surface area contributed by atoms with Gasteiger partial charge in [-0.2, -0.15) is 0 Å². The first-order chi connectivity index (χ1) is 6.54. The van der Waals surface area contributed by atoms with Gasteiger partial charge in [-0.05, 0) is 13.8 Å². The molecule has 1 aromatic carbocycles. The lowest BCUT2D eigenvalue weighted by Crippen LogP contribution is -2.13. The van der Waals surface area contributed by atoms with Crippen molar-refractivity contribution in [2.24, 2.45) is 0 Å². The summed E-state index contributed by atoms with van der Waals surface area (Å²) in [6, 6.07) is 7.58. The van der Waals surface area contributed by atoms with Crippen LogP contribution in [0.5, 0.6) is 0 Å². The van der Waals surface area contributed by atoms with Gasteiger partial charge in [-0.25, -0.2) is 0 Å². The van der Waals surface area contributed by atoms with Crippen LogP contribution >= 0.6 is 11.6 Å². The van der Waals surface area contributed by atoms with Gasteiger partial charge in [-0.1, -0.05) is 12.1 Å². The zero-order valence-electron chi connectivity index (χ0n) is 8.21. The molecule has 3 heteroatoms. The Morgan fingerprint density at radius 2 is 2.07 bits per heavy atom. The van der Waals surface area contributed by atoms with Crippen molar-refractivity contribution in [1.82, 2.24) is 0 Å². The van der Waals surface area contributed by atoms with Crippen molar-refractivity contribution < 1.29 is 8.83 Å². The summed E-state index contributed by atoms with van der Waals surface area (Å²) in [4.78, 5) is -0.336. The second-order valence-corrected chi connectivity index (χ2v) is 4.94. The Morgan fingerprint density at radius 3 is 2.71 bits per heavy atom. The smallest absolute Gasteiger partial charge is 0.270 e. The van der Waals surface area contributed by atoms with Gasteiger partial charge in [0.05, 0.1) is 4.87 Å². The van der Waals surface area contributed by atoms with Crippen LogP contribution in [0, 0.1) is 0 Å². The average molecular weight is 212 g/mol. The van der Waals surface area contributed by atoms with Crippen molar-refractivity contribution in [1.29, 1.82) is 0 Å². The molecule has 0 saturated heterocycles. The van der Waals surface area contributed by atoms with Crippen LogP contribution in [0.3, 0.4) is 0 Å². The summed E-state index contributed by atoms with van der Waals surface area (Å²) in [6.07, 6.45) is 0.587. The van der Waals surface area contributed by atoms with E-state index in [1.54, 1.807) is 0 Å². The van der Waals surface area contributed by atoms with Crippen molar-refractivity contribution in [3.8, 4) is 0 Å². The molecule has 2 nitrogen and oxygen atoms in total. The standard InChI is InChI=1S/C11H12ClO2/c1-11(2,12)7-10-13-8-5-3-4-6-9(8)14-10/h3-6H,7H2,1-2H3/q+1. The molecule has 1 heterocycles. The van der Waals surface area contributed by atoms with Crippen molar-refractivity contribution >= 4 is 22.8 Å². The Bertz CT molecular complexity index is 407. The molecule has 0 aliphatic carbocycles. The van der Waals surface area contributed by atoms with E-state index in [4.69, 9.17) is 20.4 Å². The Labute approximate surface area is 87.5 Å². The van der Waals surface area contributed by atoms with Gasteiger partial charge >= 0.3 is 17.1 Å².